The fourth-order valence-corrected chi connectivity index (χ4v) is 3.02. The predicted molar refractivity (Wildman–Crippen MR) is 57.7 cm³/mol. The molecule has 1 aliphatic carbocycles. The third-order valence-electron chi connectivity index (χ3n) is 3.51. The van der Waals surface area contributed by atoms with E-state index in [9.17, 15) is 0 Å². The summed E-state index contributed by atoms with van der Waals surface area (Å²) in [7, 11) is 4.30. The molecule has 0 aromatic carbocycles. The van der Waals surface area contributed by atoms with E-state index < -0.39 is 0 Å². The van der Waals surface area contributed by atoms with Gasteiger partial charge < -0.3 is 0 Å². The van der Waals surface area contributed by atoms with Crippen LogP contribution in [-0.4, -0.2) is 25.5 Å². The Hall–Kier alpha value is 0.154. The first-order valence-corrected chi connectivity index (χ1v) is 5.84. The van der Waals surface area contributed by atoms with Gasteiger partial charge in [-0.05, 0) is 0 Å². The van der Waals surface area contributed by atoms with Crippen LogP contribution in [0, 0.1) is 5.41 Å². The van der Waals surface area contributed by atoms with Crippen molar-refractivity contribution in [2.24, 2.45) is 5.41 Å². The molecule has 14 heavy (non-hydrogen) atoms. The molecule has 1 unspecified atom stereocenters. The predicted octanol–water partition coefficient (Wildman–Crippen LogP) is 2.73. The van der Waals surface area contributed by atoms with E-state index in [-0.39, 0.29) is 5.41 Å². The van der Waals surface area contributed by atoms with Crippen molar-refractivity contribution in [3.63, 3.8) is 0 Å². The second kappa shape index (κ2) is 3.96. The third kappa shape index (κ3) is 1.78. The molecule has 1 nitrogen and oxygen atoms in total. The van der Waals surface area contributed by atoms with E-state index >= 15 is 0 Å². The average molecular weight is 226 g/mol. The van der Waals surface area contributed by atoms with Crippen molar-refractivity contribution in [3.8, 4) is 0 Å². The van der Waals surface area contributed by atoms with Crippen molar-refractivity contribution < 1.29 is 20.4 Å². The van der Waals surface area contributed by atoms with Crippen LogP contribution < -0.4 is 0 Å². The van der Waals surface area contributed by atoms with Crippen LogP contribution in [0.25, 0.3) is 0 Å². The number of allylic oxidation sites excluding steroid dienone is 2. The van der Waals surface area contributed by atoms with Crippen molar-refractivity contribution in [3.05, 3.63) is 20.6 Å². The molecule has 0 saturated carbocycles. The van der Waals surface area contributed by atoms with Gasteiger partial charge in [-0.25, -0.2) is 0 Å². The Bertz CT molecular complexity index is 286. The van der Waals surface area contributed by atoms with Gasteiger partial charge in [-0.2, -0.15) is 0 Å². The quantitative estimate of drug-likeness (QED) is 0.654. The van der Waals surface area contributed by atoms with Gasteiger partial charge in [0.25, 0.3) is 0 Å². The third-order valence-corrected chi connectivity index (χ3v) is 4.96. The summed E-state index contributed by atoms with van der Waals surface area (Å²) in [5, 5.41) is 0. The van der Waals surface area contributed by atoms with Gasteiger partial charge in [0.15, 0.2) is 0 Å². The van der Waals surface area contributed by atoms with Gasteiger partial charge in [0.1, 0.15) is 0 Å². The van der Waals surface area contributed by atoms with Crippen molar-refractivity contribution in [1.29, 1.82) is 0 Å². The van der Waals surface area contributed by atoms with Crippen LogP contribution in [0.2, 0.25) is 0 Å². The Balaban J connectivity index is 3.12. The second-order valence-corrected chi connectivity index (χ2v) is 5.60. The van der Waals surface area contributed by atoms with Gasteiger partial charge in [-0.15, -0.1) is 0 Å². The van der Waals surface area contributed by atoms with Crippen LogP contribution in [0.4, 0.5) is 0 Å². The standard InChI is InChI=1S/C12H20N.Ti/c1-9-7-12(4,8-13(5)6)11(3)10(9)2;/h8H2,1-6H3;. The van der Waals surface area contributed by atoms with Crippen LogP contribution in [0.15, 0.2) is 20.6 Å². The first-order valence-electron chi connectivity index (χ1n) is 5.06. The van der Waals surface area contributed by atoms with E-state index in [0.717, 1.165) is 6.54 Å². The molecule has 0 radical (unpaired) electrons. The van der Waals surface area contributed by atoms with Gasteiger partial charge in [0.2, 0.25) is 0 Å². The molecule has 0 aromatic heterocycles. The van der Waals surface area contributed by atoms with E-state index in [2.05, 4.69) is 67.1 Å². The van der Waals surface area contributed by atoms with E-state index in [0.29, 0.717) is 0 Å². The van der Waals surface area contributed by atoms with E-state index in [1.54, 1.807) is 9.45 Å². The van der Waals surface area contributed by atoms with Crippen LogP contribution in [0.1, 0.15) is 27.7 Å². The van der Waals surface area contributed by atoms with Crippen LogP contribution in [0.5, 0.6) is 0 Å². The fraction of sp³-hybridized carbons (Fsp3) is 0.667. The number of hydrogen-bond donors (Lipinski definition) is 0. The molecule has 0 bridgehead atoms. The molecule has 1 aliphatic rings. The molecule has 2 heteroatoms. The van der Waals surface area contributed by atoms with Gasteiger partial charge in [0, 0.05) is 0 Å². The maximum atomic E-state index is 2.36. The van der Waals surface area contributed by atoms with E-state index in [4.69, 9.17) is 0 Å². The summed E-state index contributed by atoms with van der Waals surface area (Å²) >= 11 is 2.28. The number of rotatable bonds is 2. The zero-order valence-corrected chi connectivity index (χ0v) is 11.7. The molecule has 0 aromatic rings. The van der Waals surface area contributed by atoms with Gasteiger partial charge in [0.05, 0.1) is 0 Å². The van der Waals surface area contributed by atoms with Crippen LogP contribution in [-0.2, 0) is 20.4 Å². The summed E-state index contributed by atoms with van der Waals surface area (Å²) in [6.45, 7) is 10.2. The van der Waals surface area contributed by atoms with Crippen molar-refractivity contribution in [1.82, 2.24) is 4.90 Å². The summed E-state index contributed by atoms with van der Waals surface area (Å²) < 4.78 is 1.54. The van der Waals surface area contributed by atoms with Crippen LogP contribution in [0.3, 0.4) is 0 Å². The van der Waals surface area contributed by atoms with E-state index in [1.807, 2.05) is 0 Å². The molecular weight excluding hydrogens is 206 g/mol. The molecule has 1 atom stereocenters. The van der Waals surface area contributed by atoms with Crippen LogP contribution >= 0.6 is 0 Å². The Labute approximate surface area is 99.7 Å². The summed E-state index contributed by atoms with van der Waals surface area (Å²) in [4.78, 5) is 2.28. The molecule has 0 heterocycles. The monoisotopic (exact) mass is 226 g/mol. The van der Waals surface area contributed by atoms with Gasteiger partial charge in [-0.1, -0.05) is 0 Å². The molecular formula is C12H20NTi. The minimum absolute atomic E-state index is 0.262. The topological polar surface area (TPSA) is 3.24 Å². The SMILES string of the molecule is CC1=C(C)C(C)(CN(C)C)[C]([Ti])=C1C. The number of nitrogens with zero attached hydrogens (tertiary/aromatic N) is 1. The maximum absolute atomic E-state index is 2.36. The zero-order chi connectivity index (χ0) is 11.1. The average Bonchev–Trinajstić information content (AvgIpc) is 2.21. The Morgan fingerprint density at radius 1 is 1.14 bits per heavy atom. The number of hydrogen-bond acceptors (Lipinski definition) is 1. The molecule has 0 saturated heterocycles. The molecule has 0 amide bonds. The molecule has 0 N–H and O–H groups in total. The van der Waals surface area contributed by atoms with Crippen molar-refractivity contribution in [2.45, 2.75) is 27.7 Å². The zero-order valence-electron chi connectivity index (χ0n) is 10.2. The fourth-order valence-electron chi connectivity index (χ4n) is 2.31. The normalized spacial score (nSPS) is 28.1. The Kier molecular flexibility index (Phi) is 3.46. The van der Waals surface area contributed by atoms with Crippen molar-refractivity contribution in [2.75, 3.05) is 20.6 Å². The first-order chi connectivity index (χ1) is 6.30. The molecule has 0 fully saturated rings. The second-order valence-electron chi connectivity index (χ2n) is 4.82. The summed E-state index contributed by atoms with van der Waals surface area (Å²) in [5.41, 5.74) is 4.79. The molecule has 0 aliphatic heterocycles. The molecule has 1 rings (SSSR count). The first kappa shape index (κ1) is 12.2. The molecule has 77 valence electrons. The van der Waals surface area contributed by atoms with Gasteiger partial charge in [-0.3, -0.25) is 0 Å². The van der Waals surface area contributed by atoms with Gasteiger partial charge >= 0.3 is 99.7 Å². The molecule has 0 spiro atoms. The Morgan fingerprint density at radius 2 is 1.64 bits per heavy atom. The summed E-state index contributed by atoms with van der Waals surface area (Å²) in [6, 6.07) is 0. The van der Waals surface area contributed by atoms with Crippen molar-refractivity contribution >= 4 is 0 Å². The summed E-state index contributed by atoms with van der Waals surface area (Å²) in [5.74, 6) is 0. The Morgan fingerprint density at radius 3 is 1.93 bits per heavy atom. The summed E-state index contributed by atoms with van der Waals surface area (Å²) in [6.07, 6.45) is 0. The minimum atomic E-state index is 0.262. The van der Waals surface area contributed by atoms with E-state index in [1.165, 1.54) is 11.1 Å².